The number of ether oxygens (including phenoxy) is 4. The molecule has 6 atom stereocenters. The van der Waals surface area contributed by atoms with Gasteiger partial charge in [-0.05, 0) is 25.5 Å². The maximum absolute atomic E-state index is 13.0. The van der Waals surface area contributed by atoms with E-state index in [0.717, 1.165) is 0 Å². The number of ketones is 1. The second-order valence-electron chi connectivity index (χ2n) is 9.89. The monoisotopic (exact) mass is 467 g/mol. The van der Waals surface area contributed by atoms with Crippen LogP contribution in [0.2, 0.25) is 0 Å². The standard InChI is InChI=1S/C24H37NO8/c1-14(2)22(27)33-19-12-24(4,29)20(30-5)11-17(26)15(3)10-18-21(19)16(23(28)32-18)13-25-6-8-31-9-7-25/h10,14,16,18-21,29H,6-9,11-13H2,1-5H3/b15-10-/t16?,18-,19-,20+,21+,24-/m1/s1. The number of allylic oxidation sites excluding steroid dienone is 1. The number of methoxy groups -OCH3 is 1. The van der Waals surface area contributed by atoms with Crippen LogP contribution in [0.5, 0.6) is 0 Å². The van der Waals surface area contributed by atoms with Gasteiger partial charge in [0.05, 0.1) is 42.7 Å². The molecule has 1 aliphatic carbocycles. The maximum Gasteiger partial charge on any atom is 0.311 e. The van der Waals surface area contributed by atoms with Crippen LogP contribution in [0.4, 0.5) is 0 Å². The minimum absolute atomic E-state index is 0.0154. The largest absolute Gasteiger partial charge is 0.462 e. The van der Waals surface area contributed by atoms with Gasteiger partial charge in [-0.25, -0.2) is 0 Å². The van der Waals surface area contributed by atoms with Crippen molar-refractivity contribution >= 4 is 17.7 Å². The topological polar surface area (TPSA) is 112 Å². The summed E-state index contributed by atoms with van der Waals surface area (Å²) in [6.45, 7) is 9.69. The highest BCUT2D eigenvalue weighted by molar-refractivity contribution is 5.95. The number of Topliss-reactive ketones (excluding diaryl/α,β-unsaturated/α-hetero) is 1. The highest BCUT2D eigenvalue weighted by atomic mass is 16.6. The smallest absolute Gasteiger partial charge is 0.311 e. The van der Waals surface area contributed by atoms with E-state index in [4.69, 9.17) is 18.9 Å². The molecule has 9 nitrogen and oxygen atoms in total. The van der Waals surface area contributed by atoms with Gasteiger partial charge in [0.25, 0.3) is 0 Å². The van der Waals surface area contributed by atoms with Gasteiger partial charge in [0, 0.05) is 39.6 Å². The number of fused-ring (bicyclic) bond motifs is 1. The molecule has 3 aliphatic rings. The molecule has 2 saturated heterocycles. The fourth-order valence-electron chi connectivity index (χ4n) is 4.87. The zero-order chi connectivity index (χ0) is 24.3. The summed E-state index contributed by atoms with van der Waals surface area (Å²) in [6, 6.07) is 0. The maximum atomic E-state index is 13.0. The van der Waals surface area contributed by atoms with Crippen LogP contribution in [0.15, 0.2) is 11.6 Å². The van der Waals surface area contributed by atoms with E-state index in [0.29, 0.717) is 38.4 Å². The predicted molar refractivity (Wildman–Crippen MR) is 118 cm³/mol. The Labute approximate surface area is 195 Å². The molecule has 0 aromatic heterocycles. The van der Waals surface area contributed by atoms with E-state index in [9.17, 15) is 19.5 Å². The number of rotatable bonds is 5. The van der Waals surface area contributed by atoms with Gasteiger partial charge >= 0.3 is 11.9 Å². The molecular weight excluding hydrogens is 430 g/mol. The van der Waals surface area contributed by atoms with Gasteiger partial charge in [0.15, 0.2) is 5.78 Å². The Balaban J connectivity index is 2.02. The number of aliphatic hydroxyl groups is 1. The number of hydrogen-bond acceptors (Lipinski definition) is 9. The number of hydrogen-bond donors (Lipinski definition) is 1. The molecule has 0 saturated carbocycles. The first-order valence-electron chi connectivity index (χ1n) is 11.7. The quantitative estimate of drug-likeness (QED) is 0.595. The fourth-order valence-corrected chi connectivity index (χ4v) is 4.87. The zero-order valence-corrected chi connectivity index (χ0v) is 20.2. The van der Waals surface area contributed by atoms with Crippen molar-refractivity contribution in [1.29, 1.82) is 0 Å². The first-order chi connectivity index (χ1) is 15.5. The summed E-state index contributed by atoms with van der Waals surface area (Å²) in [6.07, 6.45) is -0.672. The van der Waals surface area contributed by atoms with Gasteiger partial charge in [0.1, 0.15) is 12.2 Å². The average Bonchev–Trinajstić information content (AvgIpc) is 3.05. The molecule has 0 amide bonds. The molecule has 9 heteroatoms. The Bertz CT molecular complexity index is 770. The van der Waals surface area contributed by atoms with E-state index in [1.165, 1.54) is 7.11 Å². The number of carbonyl (C=O) groups is 3. The van der Waals surface area contributed by atoms with E-state index in [2.05, 4.69) is 4.90 Å². The van der Waals surface area contributed by atoms with Crippen molar-refractivity contribution in [2.45, 2.75) is 64.4 Å². The lowest BCUT2D eigenvalue weighted by Crippen LogP contribution is -2.51. The Morgan fingerprint density at radius 2 is 1.97 bits per heavy atom. The van der Waals surface area contributed by atoms with Crippen molar-refractivity contribution in [2.75, 3.05) is 40.0 Å². The molecule has 0 aromatic carbocycles. The molecule has 2 aliphatic heterocycles. The molecule has 1 unspecified atom stereocenters. The summed E-state index contributed by atoms with van der Waals surface area (Å²) < 4.78 is 22.5. The predicted octanol–water partition coefficient (Wildman–Crippen LogP) is 1.12. The van der Waals surface area contributed by atoms with E-state index in [1.54, 1.807) is 33.8 Å². The number of morpholine rings is 1. The zero-order valence-electron chi connectivity index (χ0n) is 20.2. The Kier molecular flexibility index (Phi) is 8.31. The van der Waals surface area contributed by atoms with E-state index in [1.807, 2.05) is 0 Å². The molecular formula is C24H37NO8. The minimum Gasteiger partial charge on any atom is -0.462 e. The number of carbonyl (C=O) groups excluding carboxylic acids is 3. The van der Waals surface area contributed by atoms with E-state index >= 15 is 0 Å². The third-order valence-corrected chi connectivity index (χ3v) is 6.94. The Hall–Kier alpha value is -1.81. The molecule has 2 fully saturated rings. The molecule has 186 valence electrons. The molecule has 0 bridgehead atoms. The molecule has 0 aromatic rings. The van der Waals surface area contributed by atoms with Crippen molar-refractivity contribution in [3.63, 3.8) is 0 Å². The lowest BCUT2D eigenvalue weighted by molar-refractivity contribution is -0.168. The van der Waals surface area contributed by atoms with Crippen LogP contribution in [0.1, 0.15) is 40.5 Å². The van der Waals surface area contributed by atoms with Crippen LogP contribution in [0.25, 0.3) is 0 Å². The van der Waals surface area contributed by atoms with Crippen LogP contribution in [-0.4, -0.2) is 91.6 Å². The Morgan fingerprint density at radius 1 is 1.30 bits per heavy atom. The summed E-state index contributed by atoms with van der Waals surface area (Å²) in [5, 5.41) is 11.3. The van der Waals surface area contributed by atoms with Gasteiger partial charge in [-0.15, -0.1) is 0 Å². The van der Waals surface area contributed by atoms with Crippen LogP contribution < -0.4 is 0 Å². The molecule has 0 radical (unpaired) electrons. The third kappa shape index (κ3) is 6.01. The highest BCUT2D eigenvalue weighted by Crippen LogP contribution is 2.40. The average molecular weight is 468 g/mol. The normalized spacial score (nSPS) is 37.8. The number of esters is 2. The summed E-state index contributed by atoms with van der Waals surface area (Å²) in [5.41, 5.74) is -1.04. The first-order valence-corrected chi connectivity index (χ1v) is 11.7. The second-order valence-corrected chi connectivity index (χ2v) is 9.89. The van der Waals surface area contributed by atoms with Gasteiger partial charge in [-0.2, -0.15) is 0 Å². The Morgan fingerprint density at radius 3 is 2.58 bits per heavy atom. The van der Waals surface area contributed by atoms with Crippen molar-refractivity contribution in [3.05, 3.63) is 11.6 Å². The molecule has 0 spiro atoms. The minimum atomic E-state index is -1.47. The number of nitrogens with zero attached hydrogens (tertiary/aromatic N) is 1. The van der Waals surface area contributed by atoms with Crippen molar-refractivity contribution in [1.82, 2.24) is 4.90 Å². The van der Waals surface area contributed by atoms with Gasteiger partial charge in [-0.1, -0.05) is 13.8 Å². The highest BCUT2D eigenvalue weighted by Gasteiger charge is 2.52. The third-order valence-electron chi connectivity index (χ3n) is 6.94. The summed E-state index contributed by atoms with van der Waals surface area (Å²) in [7, 11) is 1.44. The van der Waals surface area contributed by atoms with Gasteiger partial charge in [0.2, 0.25) is 0 Å². The molecule has 2 heterocycles. The summed E-state index contributed by atoms with van der Waals surface area (Å²) in [5.74, 6) is -2.49. The van der Waals surface area contributed by atoms with Crippen LogP contribution in [0.3, 0.4) is 0 Å². The second kappa shape index (κ2) is 10.6. The SMILES string of the molecule is CO[C@H]1CC(=O)/C(C)=C\[C@H]2OC(=O)C(CN3CCOCC3)[C@@H]2[C@H](OC(=O)C(C)C)C[C@@]1(C)O. The molecule has 1 N–H and O–H groups in total. The lowest BCUT2D eigenvalue weighted by atomic mass is 9.76. The van der Waals surface area contributed by atoms with Crippen LogP contribution >= 0.6 is 0 Å². The molecule has 33 heavy (non-hydrogen) atoms. The lowest BCUT2D eigenvalue weighted by Gasteiger charge is -2.39. The van der Waals surface area contributed by atoms with E-state index < -0.39 is 41.7 Å². The van der Waals surface area contributed by atoms with Gasteiger partial charge < -0.3 is 24.1 Å². The van der Waals surface area contributed by atoms with Crippen LogP contribution in [-0.2, 0) is 33.3 Å². The van der Waals surface area contributed by atoms with Crippen molar-refractivity contribution in [3.8, 4) is 0 Å². The summed E-state index contributed by atoms with van der Waals surface area (Å²) in [4.78, 5) is 40.6. The first kappa shape index (κ1) is 25.8. The fraction of sp³-hybridized carbons (Fsp3) is 0.792. The van der Waals surface area contributed by atoms with Gasteiger partial charge in [-0.3, -0.25) is 19.3 Å². The van der Waals surface area contributed by atoms with Crippen LogP contribution in [0, 0.1) is 17.8 Å². The summed E-state index contributed by atoms with van der Waals surface area (Å²) >= 11 is 0. The molecule has 3 rings (SSSR count). The van der Waals surface area contributed by atoms with E-state index in [-0.39, 0.29) is 30.5 Å². The van der Waals surface area contributed by atoms with Crippen molar-refractivity contribution < 1.29 is 38.4 Å². The van der Waals surface area contributed by atoms with Crippen molar-refractivity contribution in [2.24, 2.45) is 17.8 Å².